The SMILES string of the molecule is CC(CC(C)(CO)NC1CC1)N(C)C1CCC1. The summed E-state index contributed by atoms with van der Waals surface area (Å²) in [5.41, 5.74) is -0.0986. The molecule has 0 aliphatic heterocycles. The van der Waals surface area contributed by atoms with E-state index >= 15 is 0 Å². The molecule has 2 rings (SSSR count). The Morgan fingerprint density at radius 3 is 2.41 bits per heavy atom. The number of hydrogen-bond donors (Lipinski definition) is 2. The molecule has 2 fully saturated rings. The average Bonchev–Trinajstić information content (AvgIpc) is 2.98. The second-order valence-electron chi connectivity index (χ2n) is 6.44. The Morgan fingerprint density at radius 1 is 1.35 bits per heavy atom. The van der Waals surface area contributed by atoms with Crippen molar-refractivity contribution in [3.05, 3.63) is 0 Å². The van der Waals surface area contributed by atoms with Gasteiger partial charge in [-0.15, -0.1) is 0 Å². The molecule has 0 aromatic heterocycles. The molecular formula is C14H28N2O. The summed E-state index contributed by atoms with van der Waals surface area (Å²) in [6.45, 7) is 4.70. The normalized spacial score (nSPS) is 26.6. The molecule has 2 N–H and O–H groups in total. The highest BCUT2D eigenvalue weighted by Gasteiger charge is 2.35. The second kappa shape index (κ2) is 5.25. The van der Waals surface area contributed by atoms with E-state index in [0.29, 0.717) is 12.1 Å². The first-order valence-corrected chi connectivity index (χ1v) is 7.14. The first-order chi connectivity index (χ1) is 8.04. The summed E-state index contributed by atoms with van der Waals surface area (Å²) in [5, 5.41) is 13.2. The molecule has 0 amide bonds. The molecule has 2 aliphatic rings. The first-order valence-electron chi connectivity index (χ1n) is 7.14. The van der Waals surface area contributed by atoms with Crippen LogP contribution in [-0.4, -0.2) is 47.3 Å². The van der Waals surface area contributed by atoms with Crippen LogP contribution in [0.5, 0.6) is 0 Å². The van der Waals surface area contributed by atoms with Crippen LogP contribution in [-0.2, 0) is 0 Å². The second-order valence-corrected chi connectivity index (χ2v) is 6.44. The van der Waals surface area contributed by atoms with Crippen molar-refractivity contribution in [3.63, 3.8) is 0 Å². The van der Waals surface area contributed by atoms with Crippen molar-refractivity contribution in [2.24, 2.45) is 0 Å². The number of hydrogen-bond acceptors (Lipinski definition) is 3. The molecule has 2 unspecified atom stereocenters. The van der Waals surface area contributed by atoms with Crippen molar-refractivity contribution in [3.8, 4) is 0 Å². The smallest absolute Gasteiger partial charge is 0.0611 e. The number of nitrogens with zero attached hydrogens (tertiary/aromatic N) is 1. The Hall–Kier alpha value is -0.120. The van der Waals surface area contributed by atoms with Gasteiger partial charge in [0.1, 0.15) is 0 Å². The predicted octanol–water partition coefficient (Wildman–Crippen LogP) is 1.75. The fourth-order valence-corrected chi connectivity index (χ4v) is 2.84. The van der Waals surface area contributed by atoms with Gasteiger partial charge < -0.3 is 15.3 Å². The molecule has 3 heteroatoms. The van der Waals surface area contributed by atoms with Crippen LogP contribution in [0.15, 0.2) is 0 Å². The van der Waals surface area contributed by atoms with Gasteiger partial charge in [-0.25, -0.2) is 0 Å². The number of rotatable bonds is 7. The van der Waals surface area contributed by atoms with Crippen molar-refractivity contribution in [2.45, 2.75) is 76.0 Å². The van der Waals surface area contributed by atoms with E-state index < -0.39 is 0 Å². The Balaban J connectivity index is 1.82. The molecule has 0 aromatic rings. The van der Waals surface area contributed by atoms with Gasteiger partial charge >= 0.3 is 0 Å². The van der Waals surface area contributed by atoms with E-state index in [-0.39, 0.29) is 12.1 Å². The summed E-state index contributed by atoms with van der Waals surface area (Å²) >= 11 is 0. The van der Waals surface area contributed by atoms with Crippen LogP contribution in [0, 0.1) is 0 Å². The zero-order valence-electron chi connectivity index (χ0n) is 11.6. The highest BCUT2D eigenvalue weighted by molar-refractivity contribution is 4.95. The molecule has 2 atom stereocenters. The molecule has 2 aliphatic carbocycles. The fourth-order valence-electron chi connectivity index (χ4n) is 2.84. The van der Waals surface area contributed by atoms with Crippen LogP contribution in [0.25, 0.3) is 0 Å². The lowest BCUT2D eigenvalue weighted by Crippen LogP contribution is -2.53. The Bertz CT molecular complexity index is 251. The van der Waals surface area contributed by atoms with Crippen LogP contribution >= 0.6 is 0 Å². The van der Waals surface area contributed by atoms with Crippen LogP contribution < -0.4 is 5.32 Å². The number of nitrogens with one attached hydrogen (secondary N) is 1. The molecule has 17 heavy (non-hydrogen) atoms. The van der Waals surface area contributed by atoms with Gasteiger partial charge in [0.25, 0.3) is 0 Å². The highest BCUT2D eigenvalue weighted by atomic mass is 16.3. The van der Waals surface area contributed by atoms with E-state index in [1.807, 2.05) is 0 Å². The molecule has 0 heterocycles. The van der Waals surface area contributed by atoms with Gasteiger partial charge in [-0.05, 0) is 53.0 Å². The third-order valence-electron chi connectivity index (χ3n) is 4.57. The minimum Gasteiger partial charge on any atom is -0.394 e. The monoisotopic (exact) mass is 240 g/mol. The lowest BCUT2D eigenvalue weighted by Gasteiger charge is -2.42. The van der Waals surface area contributed by atoms with E-state index in [1.165, 1.54) is 32.1 Å². The van der Waals surface area contributed by atoms with Crippen molar-refractivity contribution in [1.29, 1.82) is 0 Å². The molecule has 3 nitrogen and oxygen atoms in total. The van der Waals surface area contributed by atoms with Gasteiger partial charge in [-0.3, -0.25) is 0 Å². The van der Waals surface area contributed by atoms with Crippen LogP contribution in [0.2, 0.25) is 0 Å². The van der Waals surface area contributed by atoms with Crippen LogP contribution in [0.1, 0.15) is 52.4 Å². The van der Waals surface area contributed by atoms with Crippen molar-refractivity contribution >= 4 is 0 Å². The Morgan fingerprint density at radius 2 is 2.00 bits per heavy atom. The highest BCUT2D eigenvalue weighted by Crippen LogP contribution is 2.29. The molecule has 0 spiro atoms. The van der Waals surface area contributed by atoms with Gasteiger partial charge in [0.15, 0.2) is 0 Å². The first kappa shape index (κ1) is 13.3. The quantitative estimate of drug-likeness (QED) is 0.712. The van der Waals surface area contributed by atoms with E-state index in [9.17, 15) is 5.11 Å². The van der Waals surface area contributed by atoms with Crippen molar-refractivity contribution in [2.75, 3.05) is 13.7 Å². The molecule has 2 saturated carbocycles. The predicted molar refractivity (Wildman–Crippen MR) is 71.1 cm³/mol. The van der Waals surface area contributed by atoms with Gasteiger partial charge in [-0.2, -0.15) is 0 Å². The summed E-state index contributed by atoms with van der Waals surface area (Å²) in [7, 11) is 2.24. The molecular weight excluding hydrogens is 212 g/mol. The summed E-state index contributed by atoms with van der Waals surface area (Å²) < 4.78 is 0. The molecule has 0 bridgehead atoms. The van der Waals surface area contributed by atoms with Crippen LogP contribution in [0.3, 0.4) is 0 Å². The lowest BCUT2D eigenvalue weighted by molar-refractivity contribution is 0.0764. The minimum atomic E-state index is -0.0986. The summed E-state index contributed by atoms with van der Waals surface area (Å²) in [5.74, 6) is 0. The fraction of sp³-hybridized carbons (Fsp3) is 1.00. The minimum absolute atomic E-state index is 0.0986. The largest absolute Gasteiger partial charge is 0.394 e. The topological polar surface area (TPSA) is 35.5 Å². The molecule has 0 aromatic carbocycles. The number of aliphatic hydroxyl groups is 1. The van der Waals surface area contributed by atoms with E-state index in [0.717, 1.165) is 12.5 Å². The Kier molecular flexibility index (Phi) is 4.11. The van der Waals surface area contributed by atoms with E-state index in [2.05, 4.69) is 31.1 Å². The lowest BCUT2D eigenvalue weighted by atomic mass is 9.88. The number of aliphatic hydroxyl groups excluding tert-OH is 1. The third kappa shape index (κ3) is 3.43. The third-order valence-corrected chi connectivity index (χ3v) is 4.57. The molecule has 0 saturated heterocycles. The van der Waals surface area contributed by atoms with Gasteiger partial charge in [0.2, 0.25) is 0 Å². The van der Waals surface area contributed by atoms with Crippen LogP contribution in [0.4, 0.5) is 0 Å². The Labute approximate surface area is 106 Å². The maximum Gasteiger partial charge on any atom is 0.0611 e. The van der Waals surface area contributed by atoms with Gasteiger partial charge in [-0.1, -0.05) is 6.42 Å². The summed E-state index contributed by atoms with van der Waals surface area (Å²) in [6.07, 6.45) is 7.69. The molecule has 100 valence electrons. The maximum absolute atomic E-state index is 9.62. The van der Waals surface area contributed by atoms with Crippen molar-refractivity contribution in [1.82, 2.24) is 10.2 Å². The average molecular weight is 240 g/mol. The summed E-state index contributed by atoms with van der Waals surface area (Å²) in [6, 6.07) is 1.99. The summed E-state index contributed by atoms with van der Waals surface area (Å²) in [4.78, 5) is 2.51. The van der Waals surface area contributed by atoms with E-state index in [1.54, 1.807) is 0 Å². The zero-order chi connectivity index (χ0) is 12.5. The standard InChI is InChI=1S/C14H28N2O/c1-11(16(3)13-5-4-6-13)9-14(2,10-17)15-12-7-8-12/h11-13,15,17H,4-10H2,1-3H3. The van der Waals surface area contributed by atoms with Gasteiger partial charge in [0.05, 0.1) is 6.61 Å². The zero-order valence-corrected chi connectivity index (χ0v) is 11.6. The molecule has 0 radical (unpaired) electrons. The van der Waals surface area contributed by atoms with E-state index in [4.69, 9.17) is 0 Å². The maximum atomic E-state index is 9.62. The van der Waals surface area contributed by atoms with Crippen molar-refractivity contribution < 1.29 is 5.11 Å². The van der Waals surface area contributed by atoms with Gasteiger partial charge in [0, 0.05) is 23.7 Å².